The molecule has 0 atom stereocenters. The normalized spacial score (nSPS) is 14.8. The van der Waals surface area contributed by atoms with Crippen LogP contribution in [0.25, 0.3) is 0 Å². The minimum absolute atomic E-state index is 0.0913. The first-order valence-electron chi connectivity index (χ1n) is 9.10. The van der Waals surface area contributed by atoms with Crippen LogP contribution in [-0.4, -0.2) is 70.7 Å². The molecule has 0 unspecified atom stereocenters. The lowest BCUT2D eigenvalue weighted by molar-refractivity contribution is -0.135. The summed E-state index contributed by atoms with van der Waals surface area (Å²) < 4.78 is 19.9. The van der Waals surface area contributed by atoms with Gasteiger partial charge in [-0.15, -0.1) is 0 Å². The van der Waals surface area contributed by atoms with Gasteiger partial charge in [-0.1, -0.05) is 0 Å². The highest BCUT2D eigenvalue weighted by Crippen LogP contribution is 2.12. The highest BCUT2D eigenvalue weighted by atomic mass is 19.1. The van der Waals surface area contributed by atoms with Gasteiger partial charge in [0.25, 0.3) is 5.91 Å². The molecule has 150 valence electrons. The van der Waals surface area contributed by atoms with Gasteiger partial charge in [-0.25, -0.2) is 4.39 Å². The van der Waals surface area contributed by atoms with Gasteiger partial charge >= 0.3 is 0 Å². The zero-order valence-electron chi connectivity index (χ0n) is 16.0. The van der Waals surface area contributed by atoms with Crippen molar-refractivity contribution in [3.63, 3.8) is 0 Å². The lowest BCUT2D eigenvalue weighted by atomic mass is 10.3. The molecule has 1 aliphatic heterocycles. The summed E-state index contributed by atoms with van der Waals surface area (Å²) in [5.74, 6) is 0.531. The molecule has 2 amide bonds. The van der Waals surface area contributed by atoms with Crippen LogP contribution in [0.3, 0.4) is 0 Å². The summed E-state index contributed by atoms with van der Waals surface area (Å²) in [7, 11) is 1.78. The number of halogens is 1. The number of aryl methyl sites for hydroxylation is 2. The minimum atomic E-state index is -0.350. The zero-order valence-corrected chi connectivity index (χ0v) is 16.0. The number of rotatable bonds is 6. The second-order valence-corrected chi connectivity index (χ2v) is 6.74. The number of hydrogen-bond donors (Lipinski definition) is 1. The molecule has 8 nitrogen and oxygen atoms in total. The number of nitrogens with zero attached hydrogens (tertiary/aromatic N) is 4. The fourth-order valence-electron chi connectivity index (χ4n) is 3.04. The van der Waals surface area contributed by atoms with E-state index in [4.69, 9.17) is 4.74 Å². The summed E-state index contributed by atoms with van der Waals surface area (Å²) in [5.41, 5.74) is 0.841. The van der Waals surface area contributed by atoms with E-state index in [-0.39, 0.29) is 30.8 Å². The first kappa shape index (κ1) is 19.8. The third-order valence-corrected chi connectivity index (χ3v) is 4.54. The molecule has 1 aromatic carbocycles. The Bertz CT molecular complexity index is 829. The summed E-state index contributed by atoms with van der Waals surface area (Å²) in [5, 5.41) is 7.05. The van der Waals surface area contributed by atoms with Crippen molar-refractivity contribution in [1.29, 1.82) is 0 Å². The van der Waals surface area contributed by atoms with E-state index in [1.807, 2.05) is 17.9 Å². The number of carbonyl (C=O) groups excluding carboxylic acids is 2. The maximum Gasteiger partial charge on any atom is 0.260 e. The van der Waals surface area contributed by atoms with Crippen molar-refractivity contribution in [1.82, 2.24) is 19.6 Å². The van der Waals surface area contributed by atoms with Crippen LogP contribution in [0.15, 0.2) is 30.3 Å². The van der Waals surface area contributed by atoms with Crippen molar-refractivity contribution in [3.8, 4) is 5.75 Å². The number of amides is 2. The van der Waals surface area contributed by atoms with E-state index in [9.17, 15) is 14.0 Å². The molecule has 2 aromatic rings. The molecule has 1 saturated heterocycles. The molecule has 2 heterocycles. The number of piperazine rings is 1. The molecule has 28 heavy (non-hydrogen) atoms. The van der Waals surface area contributed by atoms with E-state index in [2.05, 4.69) is 10.4 Å². The first-order chi connectivity index (χ1) is 13.4. The van der Waals surface area contributed by atoms with E-state index in [0.29, 0.717) is 37.7 Å². The number of anilines is 1. The molecule has 0 aliphatic carbocycles. The Balaban J connectivity index is 1.39. The Kier molecular flexibility index (Phi) is 6.25. The van der Waals surface area contributed by atoms with E-state index in [1.165, 1.54) is 24.3 Å². The van der Waals surface area contributed by atoms with Gasteiger partial charge in [-0.05, 0) is 31.2 Å². The summed E-state index contributed by atoms with van der Waals surface area (Å²) in [6.45, 7) is 4.32. The predicted molar refractivity (Wildman–Crippen MR) is 101 cm³/mol. The Morgan fingerprint density at radius 1 is 1.18 bits per heavy atom. The maximum atomic E-state index is 12.9. The van der Waals surface area contributed by atoms with Crippen LogP contribution < -0.4 is 10.1 Å². The summed E-state index contributed by atoms with van der Waals surface area (Å²) in [6, 6.07) is 7.37. The third kappa shape index (κ3) is 5.29. The second kappa shape index (κ2) is 8.83. The topological polar surface area (TPSA) is 79.7 Å². The van der Waals surface area contributed by atoms with Crippen LogP contribution >= 0.6 is 0 Å². The molecule has 3 rings (SSSR count). The monoisotopic (exact) mass is 389 g/mol. The van der Waals surface area contributed by atoms with Gasteiger partial charge < -0.3 is 15.0 Å². The van der Waals surface area contributed by atoms with Crippen LogP contribution in [0.2, 0.25) is 0 Å². The highest BCUT2D eigenvalue weighted by Gasteiger charge is 2.23. The number of aromatic nitrogens is 2. The molecule has 1 aromatic heterocycles. The molecule has 0 saturated carbocycles. The standard InChI is InChI=1S/C19H24FN5O3/c1-14-11-17(23(2)22-14)21-18(26)12-24-7-9-25(10-8-24)19(27)13-28-16-5-3-15(20)4-6-16/h3-6,11H,7-10,12-13H2,1-2H3,(H,21,26). The Labute approximate surface area is 162 Å². The average Bonchev–Trinajstić information content (AvgIpc) is 2.98. The van der Waals surface area contributed by atoms with Gasteiger partial charge in [-0.3, -0.25) is 19.2 Å². The van der Waals surface area contributed by atoms with Crippen molar-refractivity contribution in [2.45, 2.75) is 6.92 Å². The van der Waals surface area contributed by atoms with E-state index in [1.54, 1.807) is 16.6 Å². The molecule has 9 heteroatoms. The number of carbonyl (C=O) groups is 2. The van der Waals surface area contributed by atoms with Gasteiger partial charge in [0.1, 0.15) is 17.4 Å². The van der Waals surface area contributed by atoms with Gasteiger partial charge in [0.15, 0.2) is 6.61 Å². The van der Waals surface area contributed by atoms with Crippen LogP contribution in [0.4, 0.5) is 10.2 Å². The summed E-state index contributed by atoms with van der Waals surface area (Å²) >= 11 is 0. The number of benzene rings is 1. The van der Waals surface area contributed by atoms with Gasteiger partial charge in [0.05, 0.1) is 12.2 Å². The van der Waals surface area contributed by atoms with Crippen molar-refractivity contribution in [2.24, 2.45) is 7.05 Å². The van der Waals surface area contributed by atoms with Crippen molar-refractivity contribution in [3.05, 3.63) is 41.8 Å². The predicted octanol–water partition coefficient (Wildman–Crippen LogP) is 1.03. The van der Waals surface area contributed by atoms with E-state index >= 15 is 0 Å². The SMILES string of the molecule is Cc1cc(NC(=O)CN2CCN(C(=O)COc3ccc(F)cc3)CC2)n(C)n1. The van der Waals surface area contributed by atoms with Crippen molar-refractivity contribution in [2.75, 3.05) is 44.6 Å². The zero-order chi connectivity index (χ0) is 20.1. The molecular weight excluding hydrogens is 365 g/mol. The van der Waals surface area contributed by atoms with Crippen LogP contribution in [-0.2, 0) is 16.6 Å². The lowest BCUT2D eigenvalue weighted by Gasteiger charge is -2.34. The fraction of sp³-hybridized carbons (Fsp3) is 0.421. The molecule has 0 bridgehead atoms. The van der Waals surface area contributed by atoms with E-state index < -0.39 is 0 Å². The van der Waals surface area contributed by atoms with Crippen LogP contribution in [0, 0.1) is 12.7 Å². The minimum Gasteiger partial charge on any atom is -0.484 e. The average molecular weight is 389 g/mol. The first-order valence-corrected chi connectivity index (χ1v) is 9.10. The largest absolute Gasteiger partial charge is 0.484 e. The summed E-state index contributed by atoms with van der Waals surface area (Å²) in [4.78, 5) is 28.2. The molecule has 0 spiro atoms. The highest BCUT2D eigenvalue weighted by molar-refractivity contribution is 5.91. The fourth-order valence-corrected chi connectivity index (χ4v) is 3.04. The molecular formula is C19H24FN5O3. The molecule has 1 fully saturated rings. The number of nitrogens with one attached hydrogen (secondary N) is 1. The molecule has 0 radical (unpaired) electrons. The quantitative estimate of drug-likeness (QED) is 0.798. The molecule has 1 aliphatic rings. The number of ether oxygens (including phenoxy) is 1. The Hall–Kier alpha value is -2.94. The van der Waals surface area contributed by atoms with Crippen molar-refractivity contribution >= 4 is 17.6 Å². The van der Waals surface area contributed by atoms with E-state index in [0.717, 1.165) is 5.69 Å². The van der Waals surface area contributed by atoms with Gasteiger partial charge in [0, 0.05) is 39.3 Å². The smallest absolute Gasteiger partial charge is 0.260 e. The van der Waals surface area contributed by atoms with Crippen LogP contribution in [0.5, 0.6) is 5.75 Å². The Morgan fingerprint density at radius 2 is 1.86 bits per heavy atom. The lowest BCUT2D eigenvalue weighted by Crippen LogP contribution is -2.51. The summed E-state index contributed by atoms with van der Waals surface area (Å²) in [6.07, 6.45) is 0. The number of hydrogen-bond acceptors (Lipinski definition) is 5. The third-order valence-electron chi connectivity index (χ3n) is 4.54. The van der Waals surface area contributed by atoms with Crippen molar-refractivity contribution < 1.29 is 18.7 Å². The molecule has 1 N–H and O–H groups in total. The van der Waals surface area contributed by atoms with Gasteiger partial charge in [-0.2, -0.15) is 5.10 Å². The maximum absolute atomic E-state index is 12.9. The van der Waals surface area contributed by atoms with Crippen LogP contribution in [0.1, 0.15) is 5.69 Å². The van der Waals surface area contributed by atoms with Gasteiger partial charge in [0.2, 0.25) is 5.91 Å². The second-order valence-electron chi connectivity index (χ2n) is 6.74. The Morgan fingerprint density at radius 3 is 2.46 bits per heavy atom.